The van der Waals surface area contributed by atoms with Crippen LogP contribution >= 0.6 is 11.8 Å². The molecule has 0 bridgehead atoms. The summed E-state index contributed by atoms with van der Waals surface area (Å²) in [6.45, 7) is 7.77. The molecule has 2 aliphatic rings. The Morgan fingerprint density at radius 1 is 1.41 bits per heavy atom. The summed E-state index contributed by atoms with van der Waals surface area (Å²) in [4.78, 5) is 0. The van der Waals surface area contributed by atoms with Crippen LogP contribution in [0.4, 0.5) is 0 Å². The molecule has 0 aromatic heterocycles. The van der Waals surface area contributed by atoms with Crippen molar-refractivity contribution in [2.75, 3.05) is 25.5 Å². The van der Waals surface area contributed by atoms with Crippen LogP contribution in [0.25, 0.3) is 0 Å². The summed E-state index contributed by atoms with van der Waals surface area (Å²) in [5.74, 6) is 2.23. The second-order valence-electron chi connectivity index (χ2n) is 5.67. The Hall–Kier alpha value is 0.270. The van der Waals surface area contributed by atoms with E-state index in [0.717, 1.165) is 25.7 Å². The number of rotatable bonds is 5. The van der Waals surface area contributed by atoms with Crippen LogP contribution in [0.1, 0.15) is 46.0 Å². The first kappa shape index (κ1) is 13.7. The number of hydrogen-bond acceptors (Lipinski definition) is 3. The van der Waals surface area contributed by atoms with Crippen molar-refractivity contribution in [2.45, 2.75) is 56.7 Å². The molecule has 2 heterocycles. The molecular weight excluding hydrogens is 230 g/mol. The lowest BCUT2D eigenvalue weighted by atomic mass is 9.85. The molecule has 3 heteroatoms. The Balaban J connectivity index is 1.91. The molecule has 17 heavy (non-hydrogen) atoms. The van der Waals surface area contributed by atoms with Gasteiger partial charge in [0.1, 0.15) is 0 Å². The van der Waals surface area contributed by atoms with E-state index in [1.54, 1.807) is 0 Å². The van der Waals surface area contributed by atoms with Crippen LogP contribution in [0.5, 0.6) is 0 Å². The SMILES string of the molecule is CCNC(CC1CCOCC1)C1(C)CCCS1. The normalized spacial score (nSPS) is 32.8. The Morgan fingerprint density at radius 2 is 2.18 bits per heavy atom. The summed E-state index contributed by atoms with van der Waals surface area (Å²) in [7, 11) is 0. The third-order valence-corrected chi connectivity index (χ3v) is 5.99. The highest BCUT2D eigenvalue weighted by atomic mass is 32.2. The highest BCUT2D eigenvalue weighted by Crippen LogP contribution is 2.42. The molecule has 2 fully saturated rings. The van der Waals surface area contributed by atoms with Gasteiger partial charge in [-0.25, -0.2) is 0 Å². The van der Waals surface area contributed by atoms with E-state index in [9.17, 15) is 0 Å². The lowest BCUT2D eigenvalue weighted by Gasteiger charge is -2.37. The van der Waals surface area contributed by atoms with Crippen LogP contribution in [-0.2, 0) is 4.74 Å². The van der Waals surface area contributed by atoms with Gasteiger partial charge in [0.05, 0.1) is 0 Å². The van der Waals surface area contributed by atoms with Gasteiger partial charge in [0.15, 0.2) is 0 Å². The molecule has 1 N–H and O–H groups in total. The fourth-order valence-corrected chi connectivity index (χ4v) is 4.61. The number of nitrogens with one attached hydrogen (secondary N) is 1. The maximum atomic E-state index is 5.47. The van der Waals surface area contributed by atoms with Gasteiger partial charge in [0.2, 0.25) is 0 Å². The molecule has 2 aliphatic heterocycles. The van der Waals surface area contributed by atoms with E-state index in [0.29, 0.717) is 10.8 Å². The average Bonchev–Trinajstić information content (AvgIpc) is 2.78. The van der Waals surface area contributed by atoms with Gasteiger partial charge < -0.3 is 10.1 Å². The molecule has 100 valence electrons. The molecule has 2 unspecified atom stereocenters. The van der Waals surface area contributed by atoms with Crippen LogP contribution in [0.2, 0.25) is 0 Å². The quantitative estimate of drug-likeness (QED) is 0.818. The third kappa shape index (κ3) is 3.62. The Morgan fingerprint density at radius 3 is 2.76 bits per heavy atom. The molecule has 2 rings (SSSR count). The molecule has 0 aromatic carbocycles. The minimum Gasteiger partial charge on any atom is -0.381 e. The topological polar surface area (TPSA) is 21.3 Å². The van der Waals surface area contributed by atoms with Crippen molar-refractivity contribution in [3.05, 3.63) is 0 Å². The molecule has 0 aromatic rings. The van der Waals surface area contributed by atoms with Crippen LogP contribution in [0.3, 0.4) is 0 Å². The van der Waals surface area contributed by atoms with Gasteiger partial charge in [0, 0.05) is 24.0 Å². The summed E-state index contributed by atoms with van der Waals surface area (Å²) >= 11 is 2.19. The van der Waals surface area contributed by atoms with E-state index in [4.69, 9.17) is 4.74 Å². The molecule has 0 radical (unpaired) electrons. The average molecular weight is 257 g/mol. The summed E-state index contributed by atoms with van der Waals surface area (Å²) in [5, 5.41) is 3.75. The van der Waals surface area contributed by atoms with E-state index in [-0.39, 0.29) is 0 Å². The van der Waals surface area contributed by atoms with Gasteiger partial charge in [-0.15, -0.1) is 0 Å². The number of ether oxygens (including phenoxy) is 1. The zero-order chi connectivity index (χ0) is 12.1. The zero-order valence-corrected chi connectivity index (χ0v) is 12.2. The van der Waals surface area contributed by atoms with Crippen molar-refractivity contribution >= 4 is 11.8 Å². The van der Waals surface area contributed by atoms with Crippen LogP contribution in [0.15, 0.2) is 0 Å². The fraction of sp³-hybridized carbons (Fsp3) is 1.00. The van der Waals surface area contributed by atoms with Crippen LogP contribution in [0, 0.1) is 5.92 Å². The Kier molecular flexibility index (Phi) is 5.19. The zero-order valence-electron chi connectivity index (χ0n) is 11.3. The van der Waals surface area contributed by atoms with Crippen molar-refractivity contribution in [1.29, 1.82) is 0 Å². The second kappa shape index (κ2) is 6.44. The van der Waals surface area contributed by atoms with Crippen molar-refractivity contribution in [1.82, 2.24) is 5.32 Å². The predicted octanol–water partition coefficient (Wildman–Crippen LogP) is 3.07. The highest BCUT2D eigenvalue weighted by Gasteiger charge is 2.38. The minimum absolute atomic E-state index is 0.480. The maximum absolute atomic E-state index is 5.47. The van der Waals surface area contributed by atoms with Gasteiger partial charge in [0.25, 0.3) is 0 Å². The molecule has 2 atom stereocenters. The van der Waals surface area contributed by atoms with Gasteiger partial charge >= 0.3 is 0 Å². The molecule has 0 saturated carbocycles. The summed E-state index contributed by atoms with van der Waals surface area (Å²) in [6.07, 6.45) is 6.67. The monoisotopic (exact) mass is 257 g/mol. The largest absolute Gasteiger partial charge is 0.381 e. The highest BCUT2D eigenvalue weighted by molar-refractivity contribution is 8.00. The molecule has 0 aliphatic carbocycles. The smallest absolute Gasteiger partial charge is 0.0468 e. The van der Waals surface area contributed by atoms with Gasteiger partial charge in [-0.3, -0.25) is 0 Å². The van der Waals surface area contributed by atoms with Gasteiger partial charge in [-0.05, 0) is 57.2 Å². The third-order valence-electron chi connectivity index (χ3n) is 4.35. The lowest BCUT2D eigenvalue weighted by molar-refractivity contribution is 0.0591. The standard InChI is InChI=1S/C14H27NOS/c1-3-15-13(14(2)7-4-10-17-14)11-12-5-8-16-9-6-12/h12-13,15H,3-11H2,1-2H3. The Labute approximate surface area is 110 Å². The van der Waals surface area contributed by atoms with Crippen molar-refractivity contribution in [3.63, 3.8) is 0 Å². The van der Waals surface area contributed by atoms with E-state index in [2.05, 4.69) is 30.9 Å². The van der Waals surface area contributed by atoms with E-state index < -0.39 is 0 Å². The molecule has 0 amide bonds. The summed E-state index contributed by atoms with van der Waals surface area (Å²) < 4.78 is 5.95. The van der Waals surface area contributed by atoms with Crippen molar-refractivity contribution in [3.8, 4) is 0 Å². The summed E-state index contributed by atoms with van der Waals surface area (Å²) in [6, 6.07) is 0.697. The first-order valence-electron chi connectivity index (χ1n) is 7.19. The second-order valence-corrected chi connectivity index (χ2v) is 7.30. The van der Waals surface area contributed by atoms with E-state index >= 15 is 0 Å². The van der Waals surface area contributed by atoms with E-state index in [1.165, 1.54) is 37.9 Å². The minimum atomic E-state index is 0.480. The number of thioether (sulfide) groups is 1. The lowest BCUT2D eigenvalue weighted by Crippen LogP contribution is -2.46. The molecular formula is C14H27NOS. The Bertz CT molecular complexity index is 222. The molecule has 2 saturated heterocycles. The van der Waals surface area contributed by atoms with Crippen LogP contribution < -0.4 is 5.32 Å². The molecule has 0 spiro atoms. The molecule has 2 nitrogen and oxygen atoms in total. The maximum Gasteiger partial charge on any atom is 0.0468 e. The van der Waals surface area contributed by atoms with Gasteiger partial charge in [-0.1, -0.05) is 6.92 Å². The van der Waals surface area contributed by atoms with Crippen LogP contribution in [-0.4, -0.2) is 36.3 Å². The number of hydrogen-bond donors (Lipinski definition) is 1. The van der Waals surface area contributed by atoms with E-state index in [1.807, 2.05) is 0 Å². The first-order valence-corrected chi connectivity index (χ1v) is 8.18. The predicted molar refractivity (Wildman–Crippen MR) is 75.7 cm³/mol. The van der Waals surface area contributed by atoms with Gasteiger partial charge in [-0.2, -0.15) is 11.8 Å². The summed E-state index contributed by atoms with van der Waals surface area (Å²) in [5.41, 5.74) is 0. The van der Waals surface area contributed by atoms with Crippen molar-refractivity contribution in [2.24, 2.45) is 5.92 Å². The fourth-order valence-electron chi connectivity index (χ4n) is 3.19. The van der Waals surface area contributed by atoms with Crippen molar-refractivity contribution < 1.29 is 4.74 Å². The first-order chi connectivity index (χ1) is 8.24.